The number of aromatic nitrogens is 3. The highest BCUT2D eigenvalue weighted by Crippen LogP contribution is 2.37. The van der Waals surface area contributed by atoms with Crippen molar-refractivity contribution >= 4 is 56.4 Å². The van der Waals surface area contributed by atoms with E-state index in [2.05, 4.69) is 15.4 Å². The molecule has 0 fully saturated rings. The van der Waals surface area contributed by atoms with Crippen molar-refractivity contribution in [1.82, 2.24) is 13.9 Å². The first-order valence-electron chi connectivity index (χ1n) is 7.10. The molecule has 3 aromatic rings. The molecule has 3 rings (SSSR count). The maximum absolute atomic E-state index is 13.0. The molecule has 0 aliphatic heterocycles. The quantitative estimate of drug-likeness (QED) is 0.595. The number of aryl methyl sites for hydroxylation is 2. The highest BCUT2D eigenvalue weighted by Gasteiger charge is 2.21. The van der Waals surface area contributed by atoms with Crippen molar-refractivity contribution in [2.45, 2.75) is 43.1 Å². The molecule has 0 saturated carbocycles. The number of nitriles is 1. The van der Waals surface area contributed by atoms with Crippen LogP contribution in [0.15, 0.2) is 14.2 Å². The summed E-state index contributed by atoms with van der Waals surface area (Å²) in [5.74, 6) is 0. The van der Waals surface area contributed by atoms with Gasteiger partial charge >= 0.3 is 0 Å². The summed E-state index contributed by atoms with van der Waals surface area (Å²) in [5.41, 5.74) is 1.26. The van der Waals surface area contributed by atoms with Gasteiger partial charge in [-0.2, -0.15) is 9.64 Å². The molecule has 0 bridgehead atoms. The summed E-state index contributed by atoms with van der Waals surface area (Å²) in [5, 5.41) is 10.7. The van der Waals surface area contributed by atoms with E-state index in [0.29, 0.717) is 20.3 Å². The van der Waals surface area contributed by atoms with Crippen LogP contribution in [0.2, 0.25) is 5.15 Å². The van der Waals surface area contributed by atoms with Gasteiger partial charge < -0.3 is 0 Å². The highest BCUT2D eigenvalue weighted by atomic mass is 35.5. The molecular weight excluding hydrogens is 384 g/mol. The standard InChI is InChI=1S/C15H13ClN4OS3/c1-6(2)20-13(21)10-7(3)8(4)22-12(10)18-15(20)23-14-9(5-17)11(16)19-24-14/h6H,1-4H3. The maximum atomic E-state index is 13.0. The largest absolute Gasteiger partial charge is 0.284 e. The van der Waals surface area contributed by atoms with Crippen LogP contribution in [-0.2, 0) is 0 Å². The van der Waals surface area contributed by atoms with Gasteiger partial charge in [0, 0.05) is 10.9 Å². The molecule has 0 saturated heterocycles. The third-order valence-corrected chi connectivity index (χ3v) is 7.09. The van der Waals surface area contributed by atoms with Crippen LogP contribution < -0.4 is 5.56 Å². The third kappa shape index (κ3) is 2.75. The van der Waals surface area contributed by atoms with Crippen molar-refractivity contribution in [2.24, 2.45) is 0 Å². The van der Waals surface area contributed by atoms with E-state index in [1.54, 1.807) is 4.57 Å². The van der Waals surface area contributed by atoms with Crippen LogP contribution in [0.4, 0.5) is 0 Å². The minimum Gasteiger partial charge on any atom is -0.284 e. The first kappa shape index (κ1) is 17.4. The fourth-order valence-electron chi connectivity index (χ4n) is 2.32. The van der Waals surface area contributed by atoms with E-state index >= 15 is 0 Å². The van der Waals surface area contributed by atoms with E-state index in [9.17, 15) is 10.1 Å². The number of hydrogen-bond acceptors (Lipinski definition) is 7. The van der Waals surface area contributed by atoms with Crippen LogP contribution in [0.25, 0.3) is 10.2 Å². The Kier molecular flexibility index (Phi) is 4.71. The molecule has 124 valence electrons. The summed E-state index contributed by atoms with van der Waals surface area (Å²) < 4.78 is 6.33. The molecular formula is C15H13ClN4OS3. The molecule has 0 aliphatic rings. The zero-order valence-electron chi connectivity index (χ0n) is 13.4. The molecule has 24 heavy (non-hydrogen) atoms. The summed E-state index contributed by atoms with van der Waals surface area (Å²) in [6.07, 6.45) is 0. The molecule has 0 radical (unpaired) electrons. The lowest BCUT2D eigenvalue weighted by Gasteiger charge is -2.14. The fraction of sp³-hybridized carbons (Fsp3) is 0.333. The Hall–Kier alpha value is -1.40. The van der Waals surface area contributed by atoms with Crippen molar-refractivity contribution in [3.05, 3.63) is 31.5 Å². The molecule has 3 heterocycles. The van der Waals surface area contributed by atoms with Gasteiger partial charge in [0.1, 0.15) is 20.7 Å². The zero-order chi connectivity index (χ0) is 17.6. The number of thiophene rings is 1. The Morgan fingerprint density at radius 1 is 1.38 bits per heavy atom. The molecule has 0 N–H and O–H groups in total. The zero-order valence-corrected chi connectivity index (χ0v) is 16.6. The third-order valence-electron chi connectivity index (χ3n) is 3.63. The minimum absolute atomic E-state index is 0.0477. The van der Waals surface area contributed by atoms with Crippen LogP contribution in [0.1, 0.15) is 35.9 Å². The second kappa shape index (κ2) is 6.48. The van der Waals surface area contributed by atoms with E-state index < -0.39 is 0 Å². The lowest BCUT2D eigenvalue weighted by Crippen LogP contribution is -2.24. The summed E-state index contributed by atoms with van der Waals surface area (Å²) in [4.78, 5) is 19.5. The Labute approximate surface area is 156 Å². The second-order valence-electron chi connectivity index (χ2n) is 5.48. The van der Waals surface area contributed by atoms with Gasteiger partial charge in [0.05, 0.1) is 5.39 Å². The smallest absolute Gasteiger partial charge is 0.263 e. The van der Waals surface area contributed by atoms with Crippen LogP contribution in [0.3, 0.4) is 0 Å². The topological polar surface area (TPSA) is 71.6 Å². The molecule has 0 spiro atoms. The molecule has 5 nitrogen and oxygen atoms in total. The van der Waals surface area contributed by atoms with Crippen LogP contribution in [0, 0.1) is 25.2 Å². The molecule has 0 aromatic carbocycles. The number of rotatable bonds is 3. The number of hydrogen-bond donors (Lipinski definition) is 0. The molecule has 0 unspecified atom stereocenters. The first-order chi connectivity index (χ1) is 11.3. The Morgan fingerprint density at radius 3 is 2.71 bits per heavy atom. The molecule has 0 atom stereocenters. The molecule has 0 amide bonds. The monoisotopic (exact) mass is 396 g/mol. The Bertz CT molecular complexity index is 1040. The van der Waals surface area contributed by atoms with E-state index in [1.807, 2.05) is 27.7 Å². The summed E-state index contributed by atoms with van der Waals surface area (Å²) in [6.45, 7) is 7.83. The van der Waals surface area contributed by atoms with Gasteiger partial charge in [0.2, 0.25) is 0 Å². The average Bonchev–Trinajstić information content (AvgIpc) is 2.99. The van der Waals surface area contributed by atoms with Crippen molar-refractivity contribution in [2.75, 3.05) is 0 Å². The van der Waals surface area contributed by atoms with E-state index in [-0.39, 0.29) is 16.8 Å². The number of nitrogens with zero attached hydrogens (tertiary/aromatic N) is 4. The van der Waals surface area contributed by atoms with Crippen molar-refractivity contribution in [3.63, 3.8) is 0 Å². The van der Waals surface area contributed by atoms with Crippen LogP contribution in [0.5, 0.6) is 0 Å². The Morgan fingerprint density at radius 2 is 2.08 bits per heavy atom. The lowest BCUT2D eigenvalue weighted by atomic mass is 10.2. The molecule has 9 heteroatoms. The van der Waals surface area contributed by atoms with Gasteiger partial charge in [-0.15, -0.1) is 11.3 Å². The van der Waals surface area contributed by atoms with Crippen molar-refractivity contribution in [1.29, 1.82) is 5.26 Å². The highest BCUT2D eigenvalue weighted by molar-refractivity contribution is 8.01. The van der Waals surface area contributed by atoms with Gasteiger partial charge in [-0.25, -0.2) is 4.98 Å². The second-order valence-corrected chi connectivity index (χ2v) is 9.05. The van der Waals surface area contributed by atoms with Crippen LogP contribution in [-0.4, -0.2) is 13.9 Å². The fourth-order valence-corrected chi connectivity index (χ4v) is 5.66. The predicted molar refractivity (Wildman–Crippen MR) is 99.7 cm³/mol. The normalized spacial score (nSPS) is 11.4. The number of fused-ring (bicyclic) bond motifs is 1. The van der Waals surface area contributed by atoms with Crippen molar-refractivity contribution < 1.29 is 0 Å². The SMILES string of the molecule is Cc1sc2nc(Sc3snc(Cl)c3C#N)n(C(C)C)c(=O)c2c1C. The van der Waals surface area contributed by atoms with E-state index in [4.69, 9.17) is 11.6 Å². The van der Waals surface area contributed by atoms with Gasteiger partial charge in [0.25, 0.3) is 5.56 Å². The number of halogens is 1. The van der Waals surface area contributed by atoms with Crippen molar-refractivity contribution in [3.8, 4) is 6.07 Å². The van der Waals surface area contributed by atoms with Gasteiger partial charge in [-0.05, 0) is 56.6 Å². The van der Waals surface area contributed by atoms with Gasteiger partial charge in [-0.1, -0.05) is 11.6 Å². The summed E-state index contributed by atoms with van der Waals surface area (Å²) >= 11 is 9.86. The average molecular weight is 397 g/mol. The summed E-state index contributed by atoms with van der Waals surface area (Å²) in [7, 11) is 0. The van der Waals surface area contributed by atoms with Gasteiger partial charge in [-0.3, -0.25) is 9.36 Å². The molecule has 3 aromatic heterocycles. The van der Waals surface area contributed by atoms with Crippen LogP contribution >= 0.6 is 46.2 Å². The predicted octanol–water partition coefficient (Wildman–Crippen LogP) is 4.79. The lowest BCUT2D eigenvalue weighted by molar-refractivity contribution is 0.519. The van der Waals surface area contributed by atoms with E-state index in [0.717, 1.165) is 26.8 Å². The minimum atomic E-state index is -0.0505. The van der Waals surface area contributed by atoms with E-state index in [1.165, 1.54) is 23.1 Å². The summed E-state index contributed by atoms with van der Waals surface area (Å²) in [6, 6.07) is 2.01. The Balaban J connectivity index is 2.25. The maximum Gasteiger partial charge on any atom is 0.263 e. The van der Waals surface area contributed by atoms with Gasteiger partial charge in [0.15, 0.2) is 10.3 Å². The molecule has 0 aliphatic carbocycles. The first-order valence-corrected chi connectivity index (χ1v) is 9.89.